The van der Waals surface area contributed by atoms with E-state index < -0.39 is 12.0 Å². The summed E-state index contributed by atoms with van der Waals surface area (Å²) in [6.07, 6.45) is 0.921. The van der Waals surface area contributed by atoms with Gasteiger partial charge in [-0.15, -0.1) is 0 Å². The van der Waals surface area contributed by atoms with Crippen LogP contribution < -0.4 is 10.5 Å². The van der Waals surface area contributed by atoms with Gasteiger partial charge in [0.25, 0.3) is 0 Å². The molecule has 3 N–H and O–H groups in total. The number of aryl methyl sites for hydroxylation is 1. The molecule has 1 aromatic rings. The van der Waals surface area contributed by atoms with Crippen molar-refractivity contribution in [3.05, 3.63) is 29.8 Å². The van der Waals surface area contributed by atoms with E-state index in [2.05, 4.69) is 0 Å². The van der Waals surface area contributed by atoms with E-state index in [-0.39, 0.29) is 0 Å². The first-order valence-corrected chi connectivity index (χ1v) is 5.24. The molecule has 4 heteroatoms. The topological polar surface area (TPSA) is 72.6 Å². The van der Waals surface area contributed by atoms with Crippen molar-refractivity contribution in [2.75, 3.05) is 7.11 Å². The Labute approximate surface area is 95.0 Å². The summed E-state index contributed by atoms with van der Waals surface area (Å²) in [5, 5.41) is 9.19. The van der Waals surface area contributed by atoms with Crippen molar-refractivity contribution in [2.24, 2.45) is 5.73 Å². The van der Waals surface area contributed by atoms with Crippen LogP contribution in [-0.2, 0) is 11.2 Å². The van der Waals surface area contributed by atoms with Crippen LogP contribution in [0.4, 0.5) is 0 Å². The lowest BCUT2D eigenvalue weighted by Gasteiger charge is -2.06. The quantitative estimate of drug-likeness (QED) is 0.751. The summed E-state index contributed by atoms with van der Waals surface area (Å²) in [6, 6.07) is 7.71. The molecule has 0 saturated heterocycles. The predicted octanol–water partition coefficient (Wildman–Crippen LogP) is 0.864. The van der Waals surface area contributed by atoms with E-state index in [4.69, 9.17) is 10.5 Å². The lowest BCUT2D eigenvalue weighted by molar-refractivity contribution is -0.126. The van der Waals surface area contributed by atoms with Gasteiger partial charge in [0, 0.05) is 0 Å². The number of rotatable bonds is 6. The number of amides is 1. The highest BCUT2D eigenvalue weighted by Crippen LogP contribution is 2.13. The van der Waals surface area contributed by atoms with Gasteiger partial charge in [-0.2, -0.15) is 0 Å². The number of ether oxygens (including phenoxy) is 1. The first-order valence-electron chi connectivity index (χ1n) is 5.24. The molecule has 0 spiro atoms. The normalized spacial score (nSPS) is 12.1. The van der Waals surface area contributed by atoms with Crippen LogP contribution in [0.2, 0.25) is 0 Å². The molecule has 0 bridgehead atoms. The average Bonchev–Trinajstić information content (AvgIpc) is 2.29. The van der Waals surface area contributed by atoms with Gasteiger partial charge in [-0.05, 0) is 37.0 Å². The Kier molecular flexibility index (Phi) is 4.79. The van der Waals surface area contributed by atoms with Crippen molar-refractivity contribution in [1.82, 2.24) is 0 Å². The van der Waals surface area contributed by atoms with E-state index in [1.54, 1.807) is 7.11 Å². The minimum Gasteiger partial charge on any atom is -0.497 e. The molecule has 1 aromatic carbocycles. The molecule has 1 unspecified atom stereocenters. The Hall–Kier alpha value is -1.55. The zero-order chi connectivity index (χ0) is 12.0. The molecule has 1 rings (SSSR count). The molecule has 0 saturated carbocycles. The average molecular weight is 223 g/mol. The number of benzene rings is 1. The van der Waals surface area contributed by atoms with Gasteiger partial charge in [0.05, 0.1) is 7.11 Å². The smallest absolute Gasteiger partial charge is 0.246 e. The third-order valence-electron chi connectivity index (χ3n) is 2.43. The highest BCUT2D eigenvalue weighted by Gasteiger charge is 2.09. The first-order chi connectivity index (χ1) is 7.63. The minimum atomic E-state index is -1.03. The number of carbonyl (C=O) groups excluding carboxylic acids is 1. The minimum absolute atomic E-state index is 0.404. The van der Waals surface area contributed by atoms with Crippen LogP contribution in [0.3, 0.4) is 0 Å². The Bertz CT molecular complexity index is 335. The highest BCUT2D eigenvalue weighted by molar-refractivity contribution is 5.78. The fraction of sp³-hybridized carbons (Fsp3) is 0.417. The van der Waals surface area contributed by atoms with Crippen LogP contribution in [0.5, 0.6) is 5.75 Å². The van der Waals surface area contributed by atoms with Crippen LogP contribution in [0.1, 0.15) is 18.4 Å². The van der Waals surface area contributed by atoms with E-state index in [1.165, 1.54) is 0 Å². The highest BCUT2D eigenvalue weighted by atomic mass is 16.5. The Balaban J connectivity index is 2.34. The first kappa shape index (κ1) is 12.5. The van der Waals surface area contributed by atoms with E-state index in [0.717, 1.165) is 24.2 Å². The number of carbonyl (C=O) groups is 1. The molecule has 0 radical (unpaired) electrons. The summed E-state index contributed by atoms with van der Waals surface area (Å²) in [5.41, 5.74) is 6.10. The van der Waals surface area contributed by atoms with Gasteiger partial charge in [-0.1, -0.05) is 12.1 Å². The molecule has 0 aliphatic carbocycles. The summed E-state index contributed by atoms with van der Waals surface area (Å²) < 4.78 is 5.04. The van der Waals surface area contributed by atoms with E-state index in [1.807, 2.05) is 24.3 Å². The van der Waals surface area contributed by atoms with Crippen molar-refractivity contribution < 1.29 is 14.6 Å². The number of primary amides is 1. The van der Waals surface area contributed by atoms with Crippen molar-refractivity contribution >= 4 is 5.91 Å². The maximum Gasteiger partial charge on any atom is 0.246 e. The number of nitrogens with two attached hydrogens (primary N) is 1. The molecule has 0 fully saturated rings. The molecular formula is C12H17NO3. The standard InChI is InChI=1S/C12H17NO3/c1-16-10-7-5-9(6-8-10)3-2-4-11(14)12(13)15/h5-8,11,14H,2-4H2,1H3,(H2,13,15). The summed E-state index contributed by atoms with van der Waals surface area (Å²) in [4.78, 5) is 10.6. The SMILES string of the molecule is COc1ccc(CCCC(O)C(N)=O)cc1. The largest absolute Gasteiger partial charge is 0.497 e. The summed E-state index contributed by atoms with van der Waals surface area (Å²) in [7, 11) is 1.62. The molecule has 16 heavy (non-hydrogen) atoms. The molecule has 0 aliphatic rings. The Morgan fingerprint density at radius 2 is 2.06 bits per heavy atom. The summed E-state index contributed by atoms with van der Waals surface area (Å²) in [6.45, 7) is 0. The molecule has 88 valence electrons. The maximum atomic E-state index is 10.6. The molecule has 4 nitrogen and oxygen atoms in total. The number of aliphatic hydroxyl groups is 1. The number of methoxy groups -OCH3 is 1. The number of hydrogen-bond donors (Lipinski definition) is 2. The van der Waals surface area contributed by atoms with E-state index in [9.17, 15) is 9.90 Å². The summed E-state index contributed by atoms with van der Waals surface area (Å²) >= 11 is 0. The van der Waals surface area contributed by atoms with Gasteiger partial charge < -0.3 is 15.6 Å². The molecule has 1 atom stereocenters. The third-order valence-corrected chi connectivity index (χ3v) is 2.43. The van der Waals surface area contributed by atoms with Crippen LogP contribution in [0, 0.1) is 0 Å². The van der Waals surface area contributed by atoms with Gasteiger partial charge >= 0.3 is 0 Å². The number of hydrogen-bond acceptors (Lipinski definition) is 3. The van der Waals surface area contributed by atoms with Crippen LogP contribution >= 0.6 is 0 Å². The fourth-order valence-corrected chi connectivity index (χ4v) is 1.43. The van der Waals surface area contributed by atoms with Gasteiger partial charge in [0.1, 0.15) is 11.9 Å². The van der Waals surface area contributed by atoms with E-state index >= 15 is 0 Å². The lowest BCUT2D eigenvalue weighted by atomic mass is 10.1. The zero-order valence-electron chi connectivity index (χ0n) is 9.35. The van der Waals surface area contributed by atoms with Crippen LogP contribution in [0.25, 0.3) is 0 Å². The monoisotopic (exact) mass is 223 g/mol. The Morgan fingerprint density at radius 3 is 2.56 bits per heavy atom. The van der Waals surface area contributed by atoms with Crippen LogP contribution in [0.15, 0.2) is 24.3 Å². The third kappa shape index (κ3) is 3.90. The van der Waals surface area contributed by atoms with Gasteiger partial charge in [0.15, 0.2) is 0 Å². The molecule has 0 aromatic heterocycles. The second-order valence-corrected chi connectivity index (χ2v) is 3.66. The maximum absolute atomic E-state index is 10.6. The van der Waals surface area contributed by atoms with Crippen molar-refractivity contribution in [3.8, 4) is 5.75 Å². The van der Waals surface area contributed by atoms with Crippen molar-refractivity contribution in [3.63, 3.8) is 0 Å². The van der Waals surface area contributed by atoms with Crippen LogP contribution in [-0.4, -0.2) is 24.2 Å². The summed E-state index contributed by atoms with van der Waals surface area (Å²) in [5.74, 6) is 0.163. The van der Waals surface area contributed by atoms with E-state index in [0.29, 0.717) is 6.42 Å². The molecule has 1 amide bonds. The molecule has 0 heterocycles. The second kappa shape index (κ2) is 6.12. The number of aliphatic hydroxyl groups excluding tert-OH is 1. The van der Waals surface area contributed by atoms with Gasteiger partial charge in [-0.25, -0.2) is 0 Å². The van der Waals surface area contributed by atoms with Crippen molar-refractivity contribution in [2.45, 2.75) is 25.4 Å². The van der Waals surface area contributed by atoms with Gasteiger partial charge in [-0.3, -0.25) is 4.79 Å². The van der Waals surface area contributed by atoms with Crippen molar-refractivity contribution in [1.29, 1.82) is 0 Å². The van der Waals surface area contributed by atoms with Gasteiger partial charge in [0.2, 0.25) is 5.91 Å². The fourth-order valence-electron chi connectivity index (χ4n) is 1.43. The predicted molar refractivity (Wildman–Crippen MR) is 61.1 cm³/mol. The lowest BCUT2D eigenvalue weighted by Crippen LogP contribution is -2.28. The molecular weight excluding hydrogens is 206 g/mol. The second-order valence-electron chi connectivity index (χ2n) is 3.66. The zero-order valence-corrected chi connectivity index (χ0v) is 9.35. The molecule has 0 aliphatic heterocycles. The Morgan fingerprint density at radius 1 is 1.44 bits per heavy atom.